The molecule has 160 valence electrons. The zero-order valence-electron chi connectivity index (χ0n) is 17.5. The van der Waals surface area contributed by atoms with Gasteiger partial charge in [-0.05, 0) is 25.5 Å². The van der Waals surface area contributed by atoms with Gasteiger partial charge in [0, 0.05) is 28.3 Å². The van der Waals surface area contributed by atoms with Gasteiger partial charge in [0.15, 0.2) is 11.5 Å². The molecule has 7 heteroatoms. The molecule has 0 spiro atoms. The van der Waals surface area contributed by atoms with Crippen molar-refractivity contribution in [2.24, 2.45) is 0 Å². The minimum absolute atomic E-state index is 0.0928. The Kier molecular flexibility index (Phi) is 5.69. The molecule has 0 saturated carbocycles. The zero-order valence-corrected chi connectivity index (χ0v) is 18.3. The van der Waals surface area contributed by atoms with Gasteiger partial charge in [0.1, 0.15) is 4.88 Å². The number of nitrogens with one attached hydrogen (secondary N) is 1. The first-order valence-corrected chi connectivity index (χ1v) is 10.8. The van der Waals surface area contributed by atoms with E-state index in [9.17, 15) is 14.7 Å². The van der Waals surface area contributed by atoms with Gasteiger partial charge in [-0.25, -0.2) is 4.79 Å². The molecule has 2 N–H and O–H groups in total. The maximum Gasteiger partial charge on any atom is 0.346 e. The van der Waals surface area contributed by atoms with Crippen LogP contribution in [0.5, 0.6) is 11.5 Å². The number of anilines is 1. The lowest BCUT2D eigenvalue weighted by atomic mass is 9.88. The number of rotatable bonds is 6. The van der Waals surface area contributed by atoms with Crippen LogP contribution >= 0.6 is 11.3 Å². The Balaban J connectivity index is 1.94. The summed E-state index contributed by atoms with van der Waals surface area (Å²) in [4.78, 5) is 25.8. The first kappa shape index (κ1) is 20.9. The topological polar surface area (TPSA) is 84.9 Å². The van der Waals surface area contributed by atoms with E-state index < -0.39 is 5.97 Å². The molecule has 0 fully saturated rings. The van der Waals surface area contributed by atoms with Crippen molar-refractivity contribution < 1.29 is 24.2 Å². The molecule has 0 unspecified atom stereocenters. The SMILES string of the molecule is COc1cccc([C@@H]2CC(=O)Nc3c2sc(C(=O)O)c3-c2ccccc2)c1OC(C)C. The summed E-state index contributed by atoms with van der Waals surface area (Å²) < 4.78 is 11.6. The Labute approximate surface area is 184 Å². The molecule has 31 heavy (non-hydrogen) atoms. The summed E-state index contributed by atoms with van der Waals surface area (Å²) in [6.45, 7) is 3.85. The average Bonchev–Trinajstić information content (AvgIpc) is 3.13. The highest BCUT2D eigenvalue weighted by Gasteiger charge is 2.36. The summed E-state index contributed by atoms with van der Waals surface area (Å²) in [6, 6.07) is 14.9. The van der Waals surface area contributed by atoms with Gasteiger partial charge in [0.2, 0.25) is 5.91 Å². The molecule has 0 bridgehead atoms. The molecule has 4 rings (SSSR count). The number of hydrogen-bond donors (Lipinski definition) is 2. The van der Waals surface area contributed by atoms with Crippen molar-refractivity contribution in [2.75, 3.05) is 12.4 Å². The normalized spacial score (nSPS) is 15.4. The predicted octanol–water partition coefficient (Wildman–Crippen LogP) is 5.38. The summed E-state index contributed by atoms with van der Waals surface area (Å²) in [5.74, 6) is -0.360. The van der Waals surface area contributed by atoms with Crippen molar-refractivity contribution in [1.29, 1.82) is 0 Å². The number of carbonyl (C=O) groups is 2. The highest BCUT2D eigenvalue weighted by Crippen LogP contribution is 2.51. The van der Waals surface area contributed by atoms with Crippen LogP contribution in [-0.2, 0) is 4.79 Å². The van der Waals surface area contributed by atoms with Crippen molar-refractivity contribution in [3.63, 3.8) is 0 Å². The summed E-state index contributed by atoms with van der Waals surface area (Å²) in [5, 5.41) is 12.8. The maximum absolute atomic E-state index is 12.7. The van der Waals surface area contributed by atoms with Crippen LogP contribution in [0, 0.1) is 0 Å². The van der Waals surface area contributed by atoms with Crippen molar-refractivity contribution in [2.45, 2.75) is 32.3 Å². The predicted molar refractivity (Wildman–Crippen MR) is 121 cm³/mol. The van der Waals surface area contributed by atoms with Gasteiger partial charge in [-0.3, -0.25) is 4.79 Å². The van der Waals surface area contributed by atoms with E-state index in [0.717, 1.165) is 16.0 Å². The van der Waals surface area contributed by atoms with Gasteiger partial charge < -0.3 is 19.9 Å². The van der Waals surface area contributed by atoms with Crippen LogP contribution in [0.1, 0.15) is 46.3 Å². The smallest absolute Gasteiger partial charge is 0.346 e. The Bertz CT molecular complexity index is 1140. The zero-order chi connectivity index (χ0) is 22.1. The van der Waals surface area contributed by atoms with Crippen molar-refractivity contribution >= 4 is 28.9 Å². The van der Waals surface area contributed by atoms with E-state index in [0.29, 0.717) is 22.7 Å². The average molecular weight is 438 g/mol. The van der Waals surface area contributed by atoms with Gasteiger partial charge in [-0.2, -0.15) is 0 Å². The van der Waals surface area contributed by atoms with Gasteiger partial charge >= 0.3 is 5.97 Å². The molecule has 2 aromatic carbocycles. The molecule has 1 aliphatic rings. The standard InChI is InChI=1S/C24H23NO5S/c1-13(2)30-21-15(10-7-11-17(21)29-3)16-12-18(26)25-20-19(14-8-5-4-6-9-14)23(24(27)28)31-22(16)20/h4-11,13,16H,12H2,1-3H3,(H,25,26)(H,27,28)/t16-/m0/s1. The Morgan fingerprint density at radius 2 is 1.90 bits per heavy atom. The monoisotopic (exact) mass is 437 g/mol. The first-order valence-electron chi connectivity index (χ1n) is 9.99. The fourth-order valence-electron chi connectivity index (χ4n) is 3.90. The number of methoxy groups -OCH3 is 1. The molecule has 0 aliphatic carbocycles. The van der Waals surface area contributed by atoms with Crippen molar-refractivity contribution in [3.05, 3.63) is 63.8 Å². The van der Waals surface area contributed by atoms with Crippen LogP contribution in [0.15, 0.2) is 48.5 Å². The van der Waals surface area contributed by atoms with E-state index in [1.54, 1.807) is 7.11 Å². The molecule has 6 nitrogen and oxygen atoms in total. The molecule has 3 aromatic rings. The quantitative estimate of drug-likeness (QED) is 0.541. The third-order valence-electron chi connectivity index (χ3n) is 5.12. The van der Waals surface area contributed by atoms with E-state index in [1.165, 1.54) is 11.3 Å². The number of hydrogen-bond acceptors (Lipinski definition) is 5. The number of thiophene rings is 1. The van der Waals surface area contributed by atoms with Crippen LogP contribution < -0.4 is 14.8 Å². The largest absolute Gasteiger partial charge is 0.493 e. The summed E-state index contributed by atoms with van der Waals surface area (Å²) in [6.07, 6.45) is 0.104. The van der Waals surface area contributed by atoms with E-state index in [2.05, 4.69) is 5.32 Å². The van der Waals surface area contributed by atoms with Gasteiger partial charge in [0.25, 0.3) is 0 Å². The minimum Gasteiger partial charge on any atom is -0.493 e. The molecule has 1 amide bonds. The van der Waals surface area contributed by atoms with Gasteiger partial charge in [-0.1, -0.05) is 42.5 Å². The number of fused-ring (bicyclic) bond motifs is 1. The minimum atomic E-state index is -1.02. The highest BCUT2D eigenvalue weighted by molar-refractivity contribution is 7.15. The molecular formula is C24H23NO5S. The number of aromatic carboxylic acids is 1. The fourth-order valence-corrected chi connectivity index (χ4v) is 5.14. The summed E-state index contributed by atoms with van der Waals surface area (Å²) >= 11 is 1.20. The number of amides is 1. The molecule has 0 radical (unpaired) electrons. The molecule has 1 aromatic heterocycles. The second kappa shape index (κ2) is 8.43. The second-order valence-electron chi connectivity index (χ2n) is 7.57. The second-order valence-corrected chi connectivity index (χ2v) is 8.62. The maximum atomic E-state index is 12.7. The molecular weight excluding hydrogens is 414 g/mol. The highest BCUT2D eigenvalue weighted by atomic mass is 32.1. The van der Waals surface area contributed by atoms with E-state index in [4.69, 9.17) is 9.47 Å². The van der Waals surface area contributed by atoms with Crippen molar-refractivity contribution in [3.8, 4) is 22.6 Å². The third kappa shape index (κ3) is 3.88. The molecule has 0 saturated heterocycles. The molecule has 1 aliphatic heterocycles. The van der Waals surface area contributed by atoms with Crippen LogP contribution in [0.2, 0.25) is 0 Å². The molecule has 1 atom stereocenters. The lowest BCUT2D eigenvalue weighted by molar-refractivity contribution is -0.116. The summed E-state index contributed by atoms with van der Waals surface area (Å²) in [7, 11) is 1.58. The van der Waals surface area contributed by atoms with Crippen LogP contribution in [0.25, 0.3) is 11.1 Å². The molecule has 2 heterocycles. The number of carboxylic acid groups (broad SMARTS) is 1. The van der Waals surface area contributed by atoms with E-state index in [1.807, 2.05) is 62.4 Å². The van der Waals surface area contributed by atoms with E-state index in [-0.39, 0.29) is 29.2 Å². The van der Waals surface area contributed by atoms with Gasteiger partial charge in [-0.15, -0.1) is 11.3 Å². The lowest BCUT2D eigenvalue weighted by Gasteiger charge is -2.27. The summed E-state index contributed by atoms with van der Waals surface area (Å²) in [5.41, 5.74) is 2.66. The van der Waals surface area contributed by atoms with E-state index >= 15 is 0 Å². The Morgan fingerprint density at radius 3 is 2.55 bits per heavy atom. The Morgan fingerprint density at radius 1 is 1.16 bits per heavy atom. The van der Waals surface area contributed by atoms with Crippen LogP contribution in [0.3, 0.4) is 0 Å². The number of para-hydroxylation sites is 1. The number of benzene rings is 2. The Hall–Kier alpha value is -3.32. The first-order chi connectivity index (χ1) is 14.9. The number of carboxylic acids is 1. The van der Waals surface area contributed by atoms with Crippen molar-refractivity contribution in [1.82, 2.24) is 0 Å². The number of ether oxygens (including phenoxy) is 2. The van der Waals surface area contributed by atoms with Crippen LogP contribution in [-0.4, -0.2) is 30.2 Å². The van der Waals surface area contributed by atoms with Crippen LogP contribution in [0.4, 0.5) is 5.69 Å². The lowest BCUT2D eigenvalue weighted by Crippen LogP contribution is -2.23. The number of carbonyl (C=O) groups excluding carboxylic acids is 1. The fraction of sp³-hybridized carbons (Fsp3) is 0.250. The van der Waals surface area contributed by atoms with Gasteiger partial charge in [0.05, 0.1) is 18.9 Å². The third-order valence-corrected chi connectivity index (χ3v) is 6.41.